The van der Waals surface area contributed by atoms with Crippen LogP contribution in [0.25, 0.3) is 11.1 Å². The summed E-state index contributed by atoms with van der Waals surface area (Å²) in [4.78, 5) is 44.2. The van der Waals surface area contributed by atoms with Crippen LogP contribution in [0.2, 0.25) is 5.02 Å². The van der Waals surface area contributed by atoms with Gasteiger partial charge in [-0.15, -0.1) is 0 Å². The van der Waals surface area contributed by atoms with Crippen LogP contribution < -0.4 is 16.0 Å². The number of nitrogens with one attached hydrogen (secondary N) is 4. The van der Waals surface area contributed by atoms with E-state index in [-0.39, 0.29) is 31.0 Å². The molecule has 3 aromatic rings. The molecule has 2 amide bonds. The lowest BCUT2D eigenvalue weighted by Crippen LogP contribution is -2.47. The summed E-state index contributed by atoms with van der Waals surface area (Å²) in [7, 11) is 0. The molecule has 1 aromatic carbocycles. The predicted molar refractivity (Wildman–Crippen MR) is 182 cm³/mol. The van der Waals surface area contributed by atoms with Crippen LogP contribution in [0.5, 0.6) is 0 Å². The van der Waals surface area contributed by atoms with Crippen molar-refractivity contribution in [3.63, 3.8) is 0 Å². The zero-order chi connectivity index (χ0) is 34.2. The third-order valence-corrected chi connectivity index (χ3v) is 6.00. The van der Waals surface area contributed by atoms with Crippen LogP contribution in [-0.4, -0.2) is 58.8 Å². The number of esters is 1. The smallest absolute Gasteiger partial charge is 0.408 e. The minimum absolute atomic E-state index is 0.0578. The van der Waals surface area contributed by atoms with Crippen LogP contribution in [0.3, 0.4) is 0 Å². The number of carbonyl (C=O) groups is 3. The first kappa shape index (κ1) is 39.0. The molecular weight excluding hydrogens is 594 g/mol. The Hall–Kier alpha value is -4.05. The highest BCUT2D eigenvalue weighted by Gasteiger charge is 2.28. The van der Waals surface area contributed by atoms with Crippen molar-refractivity contribution in [3.05, 3.63) is 71.1 Å². The number of amides is 2. The highest BCUT2D eigenvalue weighted by molar-refractivity contribution is 6.33. The molecule has 0 aliphatic heterocycles. The molecule has 1 atom stereocenters. The van der Waals surface area contributed by atoms with Crippen LogP contribution in [0, 0.1) is 12.8 Å². The highest BCUT2D eigenvalue weighted by Crippen LogP contribution is 2.30. The molecule has 10 nitrogen and oxygen atoms in total. The molecule has 0 bridgehead atoms. The van der Waals surface area contributed by atoms with E-state index in [1.165, 1.54) is 5.56 Å². The van der Waals surface area contributed by atoms with Gasteiger partial charge in [-0.2, -0.15) is 0 Å². The fourth-order valence-electron chi connectivity index (χ4n) is 3.68. The summed E-state index contributed by atoms with van der Waals surface area (Å²) in [5.74, 6) is -0.506. The molecule has 0 saturated heterocycles. The van der Waals surface area contributed by atoms with Crippen molar-refractivity contribution in [1.29, 1.82) is 0 Å². The quantitative estimate of drug-likeness (QED) is 0.134. The van der Waals surface area contributed by atoms with Crippen molar-refractivity contribution in [2.24, 2.45) is 5.92 Å². The predicted octanol–water partition coefficient (Wildman–Crippen LogP) is 7.39. The van der Waals surface area contributed by atoms with Crippen molar-refractivity contribution < 1.29 is 23.9 Å². The second-order valence-corrected chi connectivity index (χ2v) is 12.0. The van der Waals surface area contributed by atoms with Crippen LogP contribution >= 0.6 is 11.6 Å². The van der Waals surface area contributed by atoms with Gasteiger partial charge in [0.15, 0.2) is 0 Å². The maximum Gasteiger partial charge on any atom is 0.408 e. The number of ether oxygens (including phenoxy) is 2. The number of H-pyrrole nitrogens is 1. The number of hydrogen-bond donors (Lipinski definition) is 4. The van der Waals surface area contributed by atoms with E-state index in [1.54, 1.807) is 53.1 Å². The number of benzene rings is 1. The lowest BCUT2D eigenvalue weighted by molar-refractivity contribution is -0.147. The Bertz CT molecular complexity index is 1340. The average molecular weight is 644 g/mol. The zero-order valence-corrected chi connectivity index (χ0v) is 29.0. The summed E-state index contributed by atoms with van der Waals surface area (Å²) < 4.78 is 10.5. The van der Waals surface area contributed by atoms with Gasteiger partial charge in [-0.25, -0.2) is 14.6 Å². The number of alkyl carbamates (subject to hydrolysis) is 1. The average Bonchev–Trinajstić information content (AvgIpc) is 3.46. The molecule has 0 saturated carbocycles. The van der Waals surface area contributed by atoms with E-state index >= 15 is 0 Å². The normalized spacial score (nSPS) is 11.3. The van der Waals surface area contributed by atoms with Crippen LogP contribution in [0.15, 0.2) is 54.9 Å². The Balaban J connectivity index is 0.000000972. The lowest BCUT2D eigenvalue weighted by atomic mass is 10.1. The number of carbonyl (C=O) groups excluding carboxylic acids is 3. The summed E-state index contributed by atoms with van der Waals surface area (Å²) in [6.45, 7) is 18.9. The molecule has 0 fully saturated rings. The number of anilines is 1. The van der Waals surface area contributed by atoms with Crippen molar-refractivity contribution >= 4 is 35.4 Å². The Kier molecular flexibility index (Phi) is 16.8. The van der Waals surface area contributed by atoms with Gasteiger partial charge in [-0.05, 0) is 59.6 Å². The van der Waals surface area contributed by atoms with Gasteiger partial charge >= 0.3 is 12.1 Å². The molecule has 0 aliphatic rings. The van der Waals surface area contributed by atoms with Crippen molar-refractivity contribution in [2.75, 3.05) is 18.5 Å². The van der Waals surface area contributed by atoms with Gasteiger partial charge in [0, 0.05) is 29.6 Å². The largest absolute Gasteiger partial charge is 0.462 e. The Morgan fingerprint density at radius 2 is 1.67 bits per heavy atom. The number of nitrogens with zero attached hydrogens (tertiary/aromatic N) is 1. The maximum atomic E-state index is 12.5. The van der Waals surface area contributed by atoms with Gasteiger partial charge in [0.2, 0.25) is 0 Å². The van der Waals surface area contributed by atoms with Crippen molar-refractivity contribution in [1.82, 2.24) is 20.6 Å². The van der Waals surface area contributed by atoms with Gasteiger partial charge in [-0.3, -0.25) is 4.79 Å². The topological polar surface area (TPSA) is 134 Å². The van der Waals surface area contributed by atoms with Crippen molar-refractivity contribution in [3.8, 4) is 11.1 Å². The molecule has 248 valence electrons. The maximum absolute atomic E-state index is 12.5. The third kappa shape index (κ3) is 15.0. The standard InChI is InChI=1S/C25H36ClN5O5.C7H8.C2H6/c1-14(2)21(31-24(34)36-25(5,6)7)23(33)35-9-8-27-22(32)19-10-16(12-28-19)17-11-20(30-15(3)4)29-13-18(17)26;1-7-5-3-2-4-6-7;1-2/h10-15,21,28H,8-9H2,1-7H3,(H,27,32)(H,29,30)(H,31,34);2-6H,1H3;1-2H3. The van der Waals surface area contributed by atoms with Crippen LogP contribution in [0.1, 0.15) is 78.4 Å². The Morgan fingerprint density at radius 3 is 2.20 bits per heavy atom. The first-order valence-corrected chi connectivity index (χ1v) is 15.6. The zero-order valence-electron chi connectivity index (χ0n) is 28.2. The first-order valence-electron chi connectivity index (χ1n) is 15.2. The van der Waals surface area contributed by atoms with E-state index in [4.69, 9.17) is 21.1 Å². The minimum Gasteiger partial charge on any atom is -0.462 e. The number of halogens is 1. The van der Waals surface area contributed by atoms with E-state index in [1.807, 2.05) is 52.0 Å². The second kappa shape index (κ2) is 19.4. The first-order chi connectivity index (χ1) is 21.2. The van der Waals surface area contributed by atoms with Gasteiger partial charge in [-0.1, -0.05) is 75.2 Å². The van der Waals surface area contributed by atoms with Crippen LogP contribution in [0.4, 0.5) is 10.6 Å². The third-order valence-electron chi connectivity index (χ3n) is 5.70. The molecule has 4 N–H and O–H groups in total. The lowest BCUT2D eigenvalue weighted by Gasteiger charge is -2.24. The Morgan fingerprint density at radius 1 is 1.02 bits per heavy atom. The number of pyridine rings is 1. The summed E-state index contributed by atoms with van der Waals surface area (Å²) in [5, 5.41) is 8.91. The van der Waals surface area contributed by atoms with Gasteiger partial charge < -0.3 is 30.4 Å². The molecule has 2 aromatic heterocycles. The second-order valence-electron chi connectivity index (χ2n) is 11.6. The number of hydrogen-bond acceptors (Lipinski definition) is 7. The molecule has 45 heavy (non-hydrogen) atoms. The molecule has 2 heterocycles. The molecule has 0 radical (unpaired) electrons. The van der Waals surface area contributed by atoms with E-state index in [9.17, 15) is 14.4 Å². The number of rotatable bonds is 10. The van der Waals surface area contributed by atoms with Gasteiger partial charge in [0.1, 0.15) is 29.8 Å². The molecule has 0 spiro atoms. The highest BCUT2D eigenvalue weighted by atomic mass is 35.5. The van der Waals surface area contributed by atoms with E-state index in [2.05, 4.69) is 45.0 Å². The summed E-state index contributed by atoms with van der Waals surface area (Å²) >= 11 is 6.31. The molecule has 3 rings (SSSR count). The van der Waals surface area contributed by atoms with Gasteiger partial charge in [0.25, 0.3) is 5.91 Å². The van der Waals surface area contributed by atoms with Crippen molar-refractivity contribution in [2.45, 2.75) is 86.9 Å². The fraction of sp³-hybridized carbons (Fsp3) is 0.471. The van der Waals surface area contributed by atoms with Crippen LogP contribution in [-0.2, 0) is 14.3 Å². The van der Waals surface area contributed by atoms with E-state index < -0.39 is 23.7 Å². The Labute approximate surface area is 273 Å². The SMILES string of the molecule is CC.CC(C)Nc1cc(-c2c[nH]c(C(=O)NCCOC(=O)C(NC(=O)OC(C)(C)C)C(C)C)c2)c(Cl)cn1.Cc1ccccc1. The van der Waals surface area contributed by atoms with Gasteiger partial charge in [0.05, 0.1) is 11.6 Å². The van der Waals surface area contributed by atoms with E-state index in [0.29, 0.717) is 16.5 Å². The fourth-order valence-corrected chi connectivity index (χ4v) is 3.90. The molecular formula is C34H50ClN5O5. The minimum atomic E-state index is -0.873. The van der Waals surface area contributed by atoms with E-state index in [0.717, 1.165) is 11.1 Å². The molecule has 0 aliphatic carbocycles. The summed E-state index contributed by atoms with van der Waals surface area (Å²) in [6, 6.07) is 13.1. The number of aromatic nitrogens is 2. The monoisotopic (exact) mass is 643 g/mol. The molecule has 11 heteroatoms. The number of aryl methyl sites for hydroxylation is 1. The summed E-state index contributed by atoms with van der Waals surface area (Å²) in [6.07, 6.45) is 2.55. The summed E-state index contributed by atoms with van der Waals surface area (Å²) in [5.41, 5.74) is 2.43. The number of aromatic amines is 1. The molecule has 1 unspecified atom stereocenters.